The zero-order valence-electron chi connectivity index (χ0n) is 10.6. The molecule has 0 bridgehead atoms. The molecule has 0 aliphatic rings. The Morgan fingerprint density at radius 2 is 1.73 bits per heavy atom. The van der Waals surface area contributed by atoms with Crippen LogP contribution in [0.1, 0.15) is 40.0 Å². The van der Waals surface area contributed by atoms with Crippen molar-refractivity contribution in [2.45, 2.75) is 46.1 Å². The lowest BCUT2D eigenvalue weighted by molar-refractivity contribution is 0.0800. The molecule has 0 saturated carbocycles. The van der Waals surface area contributed by atoms with E-state index in [4.69, 9.17) is 9.47 Å². The summed E-state index contributed by atoms with van der Waals surface area (Å²) < 4.78 is 10.9. The Kier molecular flexibility index (Phi) is 11.9. The molecule has 0 fully saturated rings. The van der Waals surface area contributed by atoms with Gasteiger partial charge in [-0.15, -0.1) is 0 Å². The lowest BCUT2D eigenvalue weighted by Crippen LogP contribution is -2.23. The van der Waals surface area contributed by atoms with Gasteiger partial charge in [0.05, 0.1) is 12.7 Å². The van der Waals surface area contributed by atoms with Gasteiger partial charge in [-0.05, 0) is 33.2 Å². The lowest BCUT2D eigenvalue weighted by atomic mass is 10.4. The van der Waals surface area contributed by atoms with Crippen LogP contribution in [0.4, 0.5) is 0 Å². The fraction of sp³-hybridized carbons (Fsp3) is 1.00. The molecule has 3 heteroatoms. The average Bonchev–Trinajstić information content (AvgIpc) is 2.20. The predicted octanol–water partition coefficient (Wildman–Crippen LogP) is 2.21. The Morgan fingerprint density at radius 3 is 2.40 bits per heavy atom. The van der Waals surface area contributed by atoms with Crippen LogP contribution in [0, 0.1) is 0 Å². The second-order valence-corrected chi connectivity index (χ2v) is 3.99. The fourth-order valence-corrected chi connectivity index (χ4v) is 1.14. The largest absolute Gasteiger partial charge is 0.381 e. The second kappa shape index (κ2) is 12.0. The Labute approximate surface area is 94.5 Å². The molecular weight excluding hydrogens is 190 g/mol. The lowest BCUT2D eigenvalue weighted by Gasteiger charge is -2.08. The van der Waals surface area contributed by atoms with Gasteiger partial charge in [-0.25, -0.2) is 0 Å². The molecule has 0 aromatic rings. The molecule has 0 saturated heterocycles. The van der Waals surface area contributed by atoms with Gasteiger partial charge in [0.1, 0.15) is 0 Å². The van der Waals surface area contributed by atoms with E-state index in [9.17, 15) is 0 Å². The van der Waals surface area contributed by atoms with Crippen molar-refractivity contribution in [3.8, 4) is 0 Å². The summed E-state index contributed by atoms with van der Waals surface area (Å²) in [5, 5.41) is 3.33. The van der Waals surface area contributed by atoms with Crippen LogP contribution < -0.4 is 5.32 Å². The normalized spacial score (nSPS) is 11.2. The van der Waals surface area contributed by atoms with Crippen molar-refractivity contribution < 1.29 is 9.47 Å². The first kappa shape index (κ1) is 14.9. The summed E-state index contributed by atoms with van der Waals surface area (Å²) >= 11 is 0. The quantitative estimate of drug-likeness (QED) is 0.538. The van der Waals surface area contributed by atoms with Crippen molar-refractivity contribution in [3.05, 3.63) is 0 Å². The van der Waals surface area contributed by atoms with E-state index in [0.29, 0.717) is 6.10 Å². The third-order valence-corrected chi connectivity index (χ3v) is 2.01. The Morgan fingerprint density at radius 1 is 1.00 bits per heavy atom. The van der Waals surface area contributed by atoms with Gasteiger partial charge in [0.2, 0.25) is 0 Å². The fourth-order valence-electron chi connectivity index (χ4n) is 1.14. The Balaban J connectivity index is 2.87. The van der Waals surface area contributed by atoms with Gasteiger partial charge in [0.25, 0.3) is 0 Å². The molecule has 0 aliphatic heterocycles. The molecule has 0 spiro atoms. The molecule has 0 aromatic heterocycles. The van der Waals surface area contributed by atoms with Crippen molar-refractivity contribution in [2.24, 2.45) is 0 Å². The Bertz CT molecular complexity index is 118. The minimum absolute atomic E-state index is 0.337. The summed E-state index contributed by atoms with van der Waals surface area (Å²) in [4.78, 5) is 0. The molecule has 0 atom stereocenters. The van der Waals surface area contributed by atoms with Gasteiger partial charge in [-0.3, -0.25) is 0 Å². The van der Waals surface area contributed by atoms with Crippen LogP contribution in [0.2, 0.25) is 0 Å². The maximum atomic E-state index is 5.45. The van der Waals surface area contributed by atoms with Gasteiger partial charge in [0.15, 0.2) is 0 Å². The second-order valence-electron chi connectivity index (χ2n) is 3.99. The zero-order chi connectivity index (χ0) is 11.4. The van der Waals surface area contributed by atoms with E-state index in [0.717, 1.165) is 39.3 Å². The van der Waals surface area contributed by atoms with Crippen molar-refractivity contribution in [3.63, 3.8) is 0 Å². The third-order valence-electron chi connectivity index (χ3n) is 2.01. The first-order valence-electron chi connectivity index (χ1n) is 6.17. The van der Waals surface area contributed by atoms with E-state index >= 15 is 0 Å². The van der Waals surface area contributed by atoms with Crippen LogP contribution in [-0.4, -0.2) is 39.0 Å². The molecule has 0 rings (SSSR count). The van der Waals surface area contributed by atoms with Gasteiger partial charge in [-0.1, -0.05) is 13.3 Å². The molecule has 15 heavy (non-hydrogen) atoms. The molecule has 0 amide bonds. The van der Waals surface area contributed by atoms with Crippen molar-refractivity contribution in [1.29, 1.82) is 0 Å². The van der Waals surface area contributed by atoms with Crippen LogP contribution >= 0.6 is 0 Å². The maximum Gasteiger partial charge on any atom is 0.0594 e. The van der Waals surface area contributed by atoms with Crippen molar-refractivity contribution >= 4 is 0 Å². The highest BCUT2D eigenvalue weighted by molar-refractivity contribution is 4.47. The molecule has 0 aromatic carbocycles. The first-order valence-corrected chi connectivity index (χ1v) is 6.17. The summed E-state index contributed by atoms with van der Waals surface area (Å²) in [5.74, 6) is 0. The van der Waals surface area contributed by atoms with E-state index in [1.54, 1.807) is 0 Å². The summed E-state index contributed by atoms with van der Waals surface area (Å²) in [6.07, 6.45) is 3.82. The SMILES string of the molecule is CCCCOCCCNCCOC(C)C. The van der Waals surface area contributed by atoms with E-state index in [1.807, 2.05) is 0 Å². The summed E-state index contributed by atoms with van der Waals surface area (Å²) in [6, 6.07) is 0. The topological polar surface area (TPSA) is 30.5 Å². The number of rotatable bonds is 11. The number of ether oxygens (including phenoxy) is 2. The monoisotopic (exact) mass is 217 g/mol. The van der Waals surface area contributed by atoms with Gasteiger partial charge >= 0.3 is 0 Å². The van der Waals surface area contributed by atoms with E-state index < -0.39 is 0 Å². The Hall–Kier alpha value is -0.120. The molecule has 0 aliphatic carbocycles. The molecular formula is C12H27NO2. The predicted molar refractivity (Wildman–Crippen MR) is 64.3 cm³/mol. The van der Waals surface area contributed by atoms with E-state index in [-0.39, 0.29) is 0 Å². The van der Waals surface area contributed by atoms with Gasteiger partial charge in [-0.2, -0.15) is 0 Å². The van der Waals surface area contributed by atoms with Crippen LogP contribution in [0.25, 0.3) is 0 Å². The highest BCUT2D eigenvalue weighted by Gasteiger charge is 1.92. The standard InChI is InChI=1S/C12H27NO2/c1-4-5-9-14-10-6-7-13-8-11-15-12(2)3/h12-13H,4-11H2,1-3H3. The van der Waals surface area contributed by atoms with Crippen molar-refractivity contribution in [2.75, 3.05) is 32.9 Å². The van der Waals surface area contributed by atoms with E-state index in [2.05, 4.69) is 26.1 Å². The molecule has 92 valence electrons. The highest BCUT2D eigenvalue weighted by atomic mass is 16.5. The molecule has 0 radical (unpaired) electrons. The third kappa shape index (κ3) is 13.9. The zero-order valence-corrected chi connectivity index (χ0v) is 10.6. The van der Waals surface area contributed by atoms with Crippen LogP contribution in [0.3, 0.4) is 0 Å². The number of unbranched alkanes of at least 4 members (excludes halogenated alkanes) is 1. The summed E-state index contributed by atoms with van der Waals surface area (Å²) in [7, 11) is 0. The minimum atomic E-state index is 0.337. The van der Waals surface area contributed by atoms with Crippen LogP contribution in [0.15, 0.2) is 0 Å². The van der Waals surface area contributed by atoms with E-state index in [1.165, 1.54) is 12.8 Å². The maximum absolute atomic E-state index is 5.45. The van der Waals surface area contributed by atoms with Gasteiger partial charge < -0.3 is 14.8 Å². The first-order chi connectivity index (χ1) is 7.27. The van der Waals surface area contributed by atoms with Crippen LogP contribution in [-0.2, 0) is 9.47 Å². The summed E-state index contributed by atoms with van der Waals surface area (Å²) in [6.45, 7) is 10.8. The van der Waals surface area contributed by atoms with Crippen LogP contribution in [0.5, 0.6) is 0 Å². The molecule has 3 nitrogen and oxygen atoms in total. The molecule has 0 heterocycles. The summed E-state index contributed by atoms with van der Waals surface area (Å²) in [5.41, 5.74) is 0. The van der Waals surface area contributed by atoms with Gasteiger partial charge in [0, 0.05) is 19.8 Å². The number of hydrogen-bond donors (Lipinski definition) is 1. The number of hydrogen-bond acceptors (Lipinski definition) is 3. The highest BCUT2D eigenvalue weighted by Crippen LogP contribution is 1.89. The molecule has 0 unspecified atom stereocenters. The number of nitrogens with one attached hydrogen (secondary N) is 1. The smallest absolute Gasteiger partial charge is 0.0594 e. The average molecular weight is 217 g/mol. The van der Waals surface area contributed by atoms with Crippen molar-refractivity contribution in [1.82, 2.24) is 5.32 Å². The molecule has 1 N–H and O–H groups in total. The minimum Gasteiger partial charge on any atom is -0.381 e.